The average molecular weight is 254 g/mol. The van der Waals surface area contributed by atoms with Gasteiger partial charge in [-0.3, -0.25) is 0 Å². The molecule has 0 saturated carbocycles. The maximum atomic E-state index is 5.70. The lowest BCUT2D eigenvalue weighted by Gasteiger charge is -2.16. The number of hydrogen-bond acceptors (Lipinski definition) is 5. The molecule has 5 heteroatoms. The Morgan fingerprint density at radius 2 is 2.06 bits per heavy atom. The quantitative estimate of drug-likeness (QED) is 0.678. The molecule has 1 atom stereocenters. The van der Waals surface area contributed by atoms with Crippen molar-refractivity contribution < 1.29 is 14.2 Å². The molecule has 0 aliphatic heterocycles. The van der Waals surface area contributed by atoms with E-state index < -0.39 is 0 Å². The highest BCUT2D eigenvalue weighted by molar-refractivity contribution is 5.48. The van der Waals surface area contributed by atoms with Crippen molar-refractivity contribution in [2.75, 3.05) is 40.2 Å². The molecule has 1 unspecified atom stereocenters. The molecule has 1 rings (SSSR count). The highest BCUT2D eigenvalue weighted by Crippen LogP contribution is 2.21. The van der Waals surface area contributed by atoms with Crippen LogP contribution in [-0.4, -0.2) is 40.6 Å². The molecular formula is C13H22N2O3. The molecular weight excluding hydrogens is 232 g/mol. The van der Waals surface area contributed by atoms with E-state index in [0.29, 0.717) is 18.8 Å². The van der Waals surface area contributed by atoms with E-state index in [1.807, 2.05) is 18.2 Å². The lowest BCUT2D eigenvalue weighted by atomic mass is 10.2. The van der Waals surface area contributed by atoms with Gasteiger partial charge in [0.2, 0.25) is 0 Å². The second-order valence-corrected chi connectivity index (χ2v) is 4.02. The number of hydrogen-bond donors (Lipinski definition) is 2. The first-order valence-corrected chi connectivity index (χ1v) is 5.86. The molecule has 102 valence electrons. The van der Waals surface area contributed by atoms with Crippen LogP contribution < -0.4 is 15.8 Å². The summed E-state index contributed by atoms with van der Waals surface area (Å²) in [6.07, 6.45) is 0.0507. The molecule has 0 heterocycles. The second kappa shape index (κ2) is 7.92. The van der Waals surface area contributed by atoms with Gasteiger partial charge in [0.05, 0.1) is 19.8 Å². The number of ether oxygens (including phenoxy) is 3. The van der Waals surface area contributed by atoms with Crippen molar-refractivity contribution in [1.82, 2.24) is 5.32 Å². The normalized spacial score (nSPS) is 12.4. The number of nitrogens with one attached hydrogen (secondary N) is 1. The molecule has 0 bridgehead atoms. The van der Waals surface area contributed by atoms with Gasteiger partial charge >= 0.3 is 0 Å². The smallest absolute Gasteiger partial charge is 0.125 e. The average Bonchev–Trinajstić information content (AvgIpc) is 2.39. The van der Waals surface area contributed by atoms with Gasteiger partial charge in [-0.15, -0.1) is 0 Å². The number of rotatable bonds is 8. The lowest BCUT2D eigenvalue weighted by Crippen LogP contribution is -2.31. The Labute approximate surface area is 108 Å². The number of benzene rings is 1. The standard InChI is InChI=1S/C13H22N2O3/c1-16-9-12(17-2)8-15-7-10-4-5-11(14)6-13(10)18-3/h4-6,12,15H,7-9,14H2,1-3H3. The fourth-order valence-electron chi connectivity index (χ4n) is 1.67. The summed E-state index contributed by atoms with van der Waals surface area (Å²) >= 11 is 0. The van der Waals surface area contributed by atoms with Gasteiger partial charge in [0.15, 0.2) is 0 Å². The Kier molecular flexibility index (Phi) is 6.49. The molecule has 3 N–H and O–H groups in total. The molecule has 18 heavy (non-hydrogen) atoms. The minimum atomic E-state index is 0.0507. The predicted octanol–water partition coefficient (Wildman–Crippen LogP) is 1.03. The molecule has 5 nitrogen and oxygen atoms in total. The molecule has 0 amide bonds. The lowest BCUT2D eigenvalue weighted by molar-refractivity contribution is 0.0287. The number of nitrogens with two attached hydrogens (primary N) is 1. The Balaban J connectivity index is 2.47. The van der Waals surface area contributed by atoms with Crippen molar-refractivity contribution in [1.29, 1.82) is 0 Å². The zero-order valence-electron chi connectivity index (χ0n) is 11.2. The summed E-state index contributed by atoms with van der Waals surface area (Å²) in [6, 6.07) is 5.64. The zero-order valence-corrected chi connectivity index (χ0v) is 11.2. The SMILES string of the molecule is COCC(CNCc1ccc(N)cc1OC)OC. The van der Waals surface area contributed by atoms with Gasteiger partial charge in [0.1, 0.15) is 5.75 Å². The van der Waals surface area contributed by atoms with Crippen molar-refractivity contribution in [2.24, 2.45) is 0 Å². The van der Waals surface area contributed by atoms with E-state index in [1.165, 1.54) is 0 Å². The summed E-state index contributed by atoms with van der Waals surface area (Å²) in [7, 11) is 4.98. The number of nitrogen functional groups attached to an aromatic ring is 1. The van der Waals surface area contributed by atoms with Gasteiger partial charge in [-0.1, -0.05) is 6.07 Å². The van der Waals surface area contributed by atoms with E-state index >= 15 is 0 Å². The third-order valence-corrected chi connectivity index (χ3v) is 2.68. The highest BCUT2D eigenvalue weighted by atomic mass is 16.5. The summed E-state index contributed by atoms with van der Waals surface area (Å²) in [5.41, 5.74) is 7.47. The van der Waals surface area contributed by atoms with Gasteiger partial charge in [0, 0.05) is 44.6 Å². The molecule has 0 spiro atoms. The monoisotopic (exact) mass is 254 g/mol. The fourth-order valence-corrected chi connectivity index (χ4v) is 1.67. The fraction of sp³-hybridized carbons (Fsp3) is 0.538. The maximum Gasteiger partial charge on any atom is 0.125 e. The number of anilines is 1. The third-order valence-electron chi connectivity index (χ3n) is 2.68. The first-order valence-electron chi connectivity index (χ1n) is 5.86. The Morgan fingerprint density at radius 1 is 1.28 bits per heavy atom. The largest absolute Gasteiger partial charge is 0.496 e. The second-order valence-electron chi connectivity index (χ2n) is 4.02. The van der Waals surface area contributed by atoms with Crippen LogP contribution in [0.15, 0.2) is 18.2 Å². The molecule has 0 aromatic heterocycles. The van der Waals surface area contributed by atoms with E-state index in [0.717, 1.165) is 17.9 Å². The van der Waals surface area contributed by atoms with Crippen LogP contribution in [0, 0.1) is 0 Å². The van der Waals surface area contributed by atoms with Crippen LogP contribution in [0.4, 0.5) is 5.69 Å². The summed E-state index contributed by atoms with van der Waals surface area (Å²) in [5.74, 6) is 0.795. The Bertz CT molecular complexity index is 358. The van der Waals surface area contributed by atoms with Crippen molar-refractivity contribution in [3.05, 3.63) is 23.8 Å². The van der Waals surface area contributed by atoms with Crippen molar-refractivity contribution in [2.45, 2.75) is 12.6 Å². The molecule has 1 aromatic carbocycles. The van der Waals surface area contributed by atoms with E-state index in [9.17, 15) is 0 Å². The van der Waals surface area contributed by atoms with Crippen LogP contribution >= 0.6 is 0 Å². The number of methoxy groups -OCH3 is 3. The molecule has 0 fully saturated rings. The molecule has 0 aliphatic carbocycles. The Morgan fingerprint density at radius 3 is 2.67 bits per heavy atom. The Hall–Kier alpha value is -1.30. The van der Waals surface area contributed by atoms with Crippen LogP contribution in [0.2, 0.25) is 0 Å². The molecule has 0 radical (unpaired) electrons. The summed E-state index contributed by atoms with van der Waals surface area (Å²) < 4.78 is 15.6. The summed E-state index contributed by atoms with van der Waals surface area (Å²) in [4.78, 5) is 0. The van der Waals surface area contributed by atoms with Crippen LogP contribution in [0.25, 0.3) is 0 Å². The minimum absolute atomic E-state index is 0.0507. The van der Waals surface area contributed by atoms with E-state index in [1.54, 1.807) is 21.3 Å². The van der Waals surface area contributed by atoms with Crippen LogP contribution in [-0.2, 0) is 16.0 Å². The predicted molar refractivity (Wildman–Crippen MR) is 71.8 cm³/mol. The van der Waals surface area contributed by atoms with Gasteiger partial charge in [-0.05, 0) is 6.07 Å². The van der Waals surface area contributed by atoms with Crippen LogP contribution in [0.1, 0.15) is 5.56 Å². The van der Waals surface area contributed by atoms with Gasteiger partial charge in [-0.2, -0.15) is 0 Å². The first kappa shape index (κ1) is 14.8. The van der Waals surface area contributed by atoms with Gasteiger partial charge in [-0.25, -0.2) is 0 Å². The molecule has 0 aliphatic rings. The topological polar surface area (TPSA) is 65.7 Å². The van der Waals surface area contributed by atoms with Gasteiger partial charge < -0.3 is 25.3 Å². The van der Waals surface area contributed by atoms with Crippen LogP contribution in [0.3, 0.4) is 0 Å². The first-order chi connectivity index (χ1) is 8.71. The van der Waals surface area contributed by atoms with E-state index in [-0.39, 0.29) is 6.10 Å². The summed E-state index contributed by atoms with van der Waals surface area (Å²) in [5, 5.41) is 3.31. The van der Waals surface area contributed by atoms with E-state index in [2.05, 4.69) is 5.32 Å². The minimum Gasteiger partial charge on any atom is -0.496 e. The van der Waals surface area contributed by atoms with Crippen molar-refractivity contribution >= 4 is 5.69 Å². The van der Waals surface area contributed by atoms with Gasteiger partial charge in [0.25, 0.3) is 0 Å². The maximum absolute atomic E-state index is 5.70. The van der Waals surface area contributed by atoms with Crippen molar-refractivity contribution in [3.63, 3.8) is 0 Å². The highest BCUT2D eigenvalue weighted by Gasteiger charge is 2.07. The zero-order chi connectivity index (χ0) is 13.4. The molecule has 0 saturated heterocycles. The molecule has 1 aromatic rings. The third kappa shape index (κ3) is 4.52. The summed E-state index contributed by atoms with van der Waals surface area (Å²) in [6.45, 7) is 1.99. The van der Waals surface area contributed by atoms with Crippen LogP contribution in [0.5, 0.6) is 5.75 Å². The van der Waals surface area contributed by atoms with Crippen molar-refractivity contribution in [3.8, 4) is 5.75 Å². The van der Waals surface area contributed by atoms with E-state index in [4.69, 9.17) is 19.9 Å².